The molecule has 0 spiro atoms. The van der Waals surface area contributed by atoms with Crippen LogP contribution in [0.4, 0.5) is 0 Å². The largest absolute Gasteiger partial charge is 0.480 e. The maximum atomic E-state index is 12.5. The normalized spacial score (nSPS) is 14.6. The van der Waals surface area contributed by atoms with Gasteiger partial charge in [0.25, 0.3) is 0 Å². The van der Waals surface area contributed by atoms with Gasteiger partial charge in [0.1, 0.15) is 18.1 Å². The Kier molecular flexibility index (Phi) is 12.8. The van der Waals surface area contributed by atoms with Gasteiger partial charge < -0.3 is 38.3 Å². The number of carbonyl (C=O) groups excluding carboxylic acids is 3. The van der Waals surface area contributed by atoms with E-state index in [0.29, 0.717) is 6.42 Å². The Labute approximate surface area is 179 Å². The molecule has 0 fully saturated rings. The van der Waals surface area contributed by atoms with Crippen molar-refractivity contribution in [1.82, 2.24) is 16.0 Å². The fourth-order valence-corrected chi connectivity index (χ4v) is 2.41. The van der Waals surface area contributed by atoms with Gasteiger partial charge in [-0.25, -0.2) is 4.79 Å². The van der Waals surface area contributed by atoms with Crippen molar-refractivity contribution in [2.45, 2.75) is 43.9 Å². The van der Waals surface area contributed by atoms with Gasteiger partial charge in [0.2, 0.25) is 17.7 Å². The highest BCUT2D eigenvalue weighted by atomic mass is 32.1. The lowest BCUT2D eigenvalue weighted by atomic mass is 10.1. The summed E-state index contributed by atoms with van der Waals surface area (Å²) in [6.07, 6.45) is 0.463. The lowest BCUT2D eigenvalue weighted by molar-refractivity contribution is -0.141. The third-order valence-corrected chi connectivity index (χ3v) is 4.42. The molecule has 0 aliphatic carbocycles. The lowest BCUT2D eigenvalue weighted by Crippen LogP contribution is -2.56. The van der Waals surface area contributed by atoms with E-state index in [-0.39, 0.29) is 30.4 Å². The molecule has 0 aromatic rings. The fraction of sp³-hybridized carbons (Fsp3) is 0.667. The number of hydrogen-bond donors (Lipinski definition) is 9. The van der Waals surface area contributed by atoms with Crippen LogP contribution in [-0.2, 0) is 19.2 Å². The number of aliphatic carboxylic acids is 1. The molecule has 0 saturated carbocycles. The summed E-state index contributed by atoms with van der Waals surface area (Å²) >= 11 is 7.79. The van der Waals surface area contributed by atoms with Crippen molar-refractivity contribution in [3.8, 4) is 0 Å². The molecular weight excluding hydrogens is 422 g/mol. The van der Waals surface area contributed by atoms with Gasteiger partial charge in [-0.2, -0.15) is 25.3 Å². The molecule has 0 radical (unpaired) electrons. The van der Waals surface area contributed by atoms with Crippen LogP contribution in [0.5, 0.6) is 0 Å². The highest BCUT2D eigenvalue weighted by Gasteiger charge is 2.27. The van der Waals surface area contributed by atoms with Crippen LogP contribution in [0.3, 0.4) is 0 Å². The molecular formula is C15H29N7O5S2. The van der Waals surface area contributed by atoms with Gasteiger partial charge in [-0.15, -0.1) is 0 Å². The van der Waals surface area contributed by atoms with Crippen molar-refractivity contribution in [2.24, 2.45) is 22.2 Å². The van der Waals surface area contributed by atoms with Gasteiger partial charge in [-0.05, 0) is 19.8 Å². The summed E-state index contributed by atoms with van der Waals surface area (Å²) in [5.41, 5.74) is 16.0. The van der Waals surface area contributed by atoms with Gasteiger partial charge in [-0.3, -0.25) is 19.4 Å². The first-order chi connectivity index (χ1) is 13.5. The van der Waals surface area contributed by atoms with E-state index < -0.39 is 47.9 Å². The molecule has 0 saturated heterocycles. The van der Waals surface area contributed by atoms with E-state index in [9.17, 15) is 19.2 Å². The Morgan fingerprint density at radius 2 is 1.55 bits per heavy atom. The second kappa shape index (κ2) is 13.9. The lowest BCUT2D eigenvalue weighted by Gasteiger charge is -2.23. The van der Waals surface area contributed by atoms with Crippen molar-refractivity contribution in [3.63, 3.8) is 0 Å². The van der Waals surface area contributed by atoms with Crippen LogP contribution in [0, 0.1) is 0 Å². The molecule has 0 rings (SSSR count). The maximum Gasteiger partial charge on any atom is 0.327 e. The summed E-state index contributed by atoms with van der Waals surface area (Å²) in [5.74, 6) is -3.36. The zero-order valence-corrected chi connectivity index (χ0v) is 17.8. The van der Waals surface area contributed by atoms with Crippen molar-refractivity contribution >= 4 is 54.9 Å². The van der Waals surface area contributed by atoms with E-state index in [1.165, 1.54) is 6.92 Å². The third kappa shape index (κ3) is 10.8. The molecule has 0 bridgehead atoms. The molecule has 10 N–H and O–H groups in total. The summed E-state index contributed by atoms with van der Waals surface area (Å²) in [4.78, 5) is 51.5. The fourth-order valence-electron chi connectivity index (χ4n) is 2.00. The molecule has 166 valence electrons. The smallest absolute Gasteiger partial charge is 0.327 e. The number of nitrogens with two attached hydrogens (primary N) is 3. The van der Waals surface area contributed by atoms with E-state index in [0.717, 1.165) is 0 Å². The van der Waals surface area contributed by atoms with Gasteiger partial charge in [0.05, 0.1) is 6.04 Å². The van der Waals surface area contributed by atoms with E-state index in [4.69, 9.17) is 22.3 Å². The quantitative estimate of drug-likeness (QED) is 0.0599. The second-order valence-electron chi connectivity index (χ2n) is 6.11. The van der Waals surface area contributed by atoms with Crippen molar-refractivity contribution < 1.29 is 24.3 Å². The van der Waals surface area contributed by atoms with Crippen molar-refractivity contribution in [2.75, 3.05) is 18.1 Å². The minimum Gasteiger partial charge on any atom is -0.480 e. The number of thiol groups is 2. The number of hydrogen-bond acceptors (Lipinski definition) is 8. The molecule has 12 nitrogen and oxygen atoms in total. The molecule has 4 atom stereocenters. The predicted octanol–water partition coefficient (Wildman–Crippen LogP) is -3.21. The molecule has 0 aromatic carbocycles. The second-order valence-corrected chi connectivity index (χ2v) is 6.84. The number of aliphatic imine (C=N–C) groups is 1. The van der Waals surface area contributed by atoms with Crippen molar-refractivity contribution in [3.05, 3.63) is 0 Å². The minimum atomic E-state index is -1.26. The molecule has 0 aliphatic heterocycles. The highest BCUT2D eigenvalue weighted by Crippen LogP contribution is 2.02. The van der Waals surface area contributed by atoms with Crippen LogP contribution in [0.1, 0.15) is 19.8 Å². The first kappa shape index (κ1) is 26.8. The van der Waals surface area contributed by atoms with Crippen LogP contribution >= 0.6 is 25.3 Å². The summed E-state index contributed by atoms with van der Waals surface area (Å²) in [6.45, 7) is 1.63. The van der Waals surface area contributed by atoms with Crippen LogP contribution < -0.4 is 33.2 Å². The molecule has 0 aromatic heterocycles. The van der Waals surface area contributed by atoms with Crippen LogP contribution in [0.25, 0.3) is 0 Å². The number of nitrogens with zero attached hydrogens (tertiary/aromatic N) is 1. The molecule has 14 heteroatoms. The SMILES string of the molecule is CC(NC(=O)C(N)CS)C(=O)NC(CCCN=C(N)N)C(=O)NC(CS)C(=O)O. The van der Waals surface area contributed by atoms with Crippen LogP contribution in [0.2, 0.25) is 0 Å². The Bertz CT molecular complexity index is 616. The average molecular weight is 452 g/mol. The number of rotatable bonds is 13. The van der Waals surface area contributed by atoms with E-state index >= 15 is 0 Å². The number of carboxylic acid groups (broad SMARTS) is 1. The predicted molar refractivity (Wildman–Crippen MR) is 115 cm³/mol. The topological polar surface area (TPSA) is 215 Å². The maximum absolute atomic E-state index is 12.5. The minimum absolute atomic E-state index is 0.0936. The van der Waals surface area contributed by atoms with Crippen molar-refractivity contribution in [1.29, 1.82) is 0 Å². The first-order valence-corrected chi connectivity index (χ1v) is 9.96. The average Bonchev–Trinajstić information content (AvgIpc) is 2.66. The van der Waals surface area contributed by atoms with Gasteiger partial charge >= 0.3 is 5.97 Å². The number of carbonyl (C=O) groups is 4. The first-order valence-electron chi connectivity index (χ1n) is 8.70. The van der Waals surface area contributed by atoms with E-state index in [2.05, 4.69) is 46.2 Å². The Hall–Kier alpha value is -2.19. The summed E-state index contributed by atoms with van der Waals surface area (Å²) in [7, 11) is 0. The van der Waals surface area contributed by atoms with E-state index in [1.807, 2.05) is 0 Å². The molecule has 29 heavy (non-hydrogen) atoms. The molecule has 3 amide bonds. The summed E-state index contributed by atoms with van der Waals surface area (Å²) in [6, 6.07) is -4.18. The Morgan fingerprint density at radius 1 is 0.966 bits per heavy atom. The van der Waals surface area contributed by atoms with Crippen LogP contribution in [0.15, 0.2) is 4.99 Å². The monoisotopic (exact) mass is 451 g/mol. The van der Waals surface area contributed by atoms with Crippen LogP contribution in [-0.4, -0.2) is 77.0 Å². The standard InChI is InChI=1S/C15H29N7O5S2/c1-7(20-12(24)8(16)5-28)11(23)21-9(3-2-4-19-15(17)18)13(25)22-10(6-29)14(26)27/h7-10,28-29H,2-6,16H2,1H3,(H,20,24)(H,21,23)(H,22,25)(H,26,27)(H4,17,18,19). The molecule has 0 aliphatic rings. The van der Waals surface area contributed by atoms with E-state index in [1.54, 1.807) is 0 Å². The highest BCUT2D eigenvalue weighted by molar-refractivity contribution is 7.80. The number of carboxylic acids is 1. The molecule has 0 heterocycles. The Morgan fingerprint density at radius 3 is 2.03 bits per heavy atom. The number of guanidine groups is 1. The summed E-state index contributed by atoms with van der Waals surface area (Å²) < 4.78 is 0. The zero-order valence-electron chi connectivity index (χ0n) is 16.0. The van der Waals surface area contributed by atoms with Gasteiger partial charge in [0, 0.05) is 18.1 Å². The van der Waals surface area contributed by atoms with Gasteiger partial charge in [0.15, 0.2) is 5.96 Å². The summed E-state index contributed by atoms with van der Waals surface area (Å²) in [5, 5.41) is 16.2. The Balaban J connectivity index is 5.09. The zero-order chi connectivity index (χ0) is 22.6. The number of amides is 3. The van der Waals surface area contributed by atoms with Gasteiger partial charge in [-0.1, -0.05) is 0 Å². The third-order valence-electron chi connectivity index (χ3n) is 3.66. The molecule has 4 unspecified atom stereocenters. The number of nitrogens with one attached hydrogen (secondary N) is 3.